The standard InChI is InChI=1S/C19H29N3O3S/c1-13(2)22-11-15(16(12-22)25-3)21-19(24)10-9-18(23)20-14-7-5-6-8-17(14)26-4/h5-8,13,15-16H,9-12H2,1-4H3,(H,20,23)(H,21,24)/t15-,16-/m0/s1. The van der Waals surface area contributed by atoms with Gasteiger partial charge in [-0.05, 0) is 32.2 Å². The maximum atomic E-state index is 12.2. The third kappa shape index (κ3) is 5.72. The molecule has 0 bridgehead atoms. The SMILES string of the molecule is CO[C@H]1CN(C(C)C)C[C@@H]1NC(=O)CCC(=O)Nc1ccccc1SC. The van der Waals surface area contributed by atoms with E-state index in [1.165, 1.54) is 0 Å². The summed E-state index contributed by atoms with van der Waals surface area (Å²) in [6.07, 6.45) is 2.28. The smallest absolute Gasteiger partial charge is 0.224 e. The first-order valence-electron chi connectivity index (χ1n) is 8.93. The molecule has 1 aliphatic heterocycles. The first kappa shape index (κ1) is 20.7. The van der Waals surface area contributed by atoms with Crippen LogP contribution in [0.1, 0.15) is 26.7 Å². The van der Waals surface area contributed by atoms with Crippen LogP contribution in [0.25, 0.3) is 0 Å². The molecule has 144 valence electrons. The van der Waals surface area contributed by atoms with E-state index in [-0.39, 0.29) is 36.8 Å². The summed E-state index contributed by atoms with van der Waals surface area (Å²) < 4.78 is 5.50. The Morgan fingerprint density at radius 1 is 1.23 bits per heavy atom. The molecule has 1 aromatic rings. The van der Waals surface area contributed by atoms with Gasteiger partial charge in [0.15, 0.2) is 0 Å². The largest absolute Gasteiger partial charge is 0.378 e. The van der Waals surface area contributed by atoms with E-state index in [1.807, 2.05) is 30.5 Å². The number of carbonyl (C=O) groups excluding carboxylic acids is 2. The van der Waals surface area contributed by atoms with E-state index in [4.69, 9.17) is 4.74 Å². The van der Waals surface area contributed by atoms with E-state index < -0.39 is 0 Å². The van der Waals surface area contributed by atoms with Crippen LogP contribution in [0.3, 0.4) is 0 Å². The molecule has 0 aromatic heterocycles. The minimum Gasteiger partial charge on any atom is -0.378 e. The van der Waals surface area contributed by atoms with Crippen LogP contribution in [0.2, 0.25) is 0 Å². The van der Waals surface area contributed by atoms with E-state index in [0.29, 0.717) is 6.04 Å². The Balaban J connectivity index is 1.80. The predicted octanol–water partition coefficient (Wildman–Crippen LogP) is 2.35. The second-order valence-electron chi connectivity index (χ2n) is 6.74. The third-order valence-corrected chi connectivity index (χ3v) is 5.43. The number of likely N-dealkylation sites (tertiary alicyclic amines) is 1. The van der Waals surface area contributed by atoms with Gasteiger partial charge in [0.1, 0.15) is 0 Å². The van der Waals surface area contributed by atoms with Crippen LogP contribution in [0.4, 0.5) is 5.69 Å². The zero-order chi connectivity index (χ0) is 19.1. The molecule has 0 aliphatic carbocycles. The Kier molecular flexibility index (Phi) is 7.93. The fourth-order valence-electron chi connectivity index (χ4n) is 3.07. The molecule has 1 aromatic carbocycles. The van der Waals surface area contributed by atoms with Crippen molar-refractivity contribution in [2.45, 2.75) is 49.8 Å². The maximum absolute atomic E-state index is 12.2. The highest BCUT2D eigenvalue weighted by Gasteiger charge is 2.34. The van der Waals surface area contributed by atoms with Crippen molar-refractivity contribution in [1.29, 1.82) is 0 Å². The van der Waals surface area contributed by atoms with Crippen LogP contribution in [0.5, 0.6) is 0 Å². The highest BCUT2D eigenvalue weighted by molar-refractivity contribution is 7.98. The summed E-state index contributed by atoms with van der Waals surface area (Å²) in [5.41, 5.74) is 0.785. The maximum Gasteiger partial charge on any atom is 0.224 e. The van der Waals surface area contributed by atoms with Gasteiger partial charge in [-0.3, -0.25) is 14.5 Å². The lowest BCUT2D eigenvalue weighted by Crippen LogP contribution is -2.43. The number of benzene rings is 1. The highest BCUT2D eigenvalue weighted by atomic mass is 32.2. The van der Waals surface area contributed by atoms with Gasteiger partial charge in [0, 0.05) is 44.0 Å². The number of hydrogen-bond donors (Lipinski definition) is 2. The highest BCUT2D eigenvalue weighted by Crippen LogP contribution is 2.24. The molecule has 1 heterocycles. The molecule has 1 fully saturated rings. The zero-order valence-corrected chi connectivity index (χ0v) is 16.8. The molecule has 26 heavy (non-hydrogen) atoms. The van der Waals surface area contributed by atoms with Crippen LogP contribution in [0, 0.1) is 0 Å². The van der Waals surface area contributed by atoms with E-state index in [0.717, 1.165) is 23.7 Å². The molecule has 0 spiro atoms. The van der Waals surface area contributed by atoms with Crippen LogP contribution in [-0.2, 0) is 14.3 Å². The molecule has 0 radical (unpaired) electrons. The Bertz CT molecular complexity index is 624. The zero-order valence-electron chi connectivity index (χ0n) is 16.0. The number of ether oxygens (including phenoxy) is 1. The first-order valence-corrected chi connectivity index (χ1v) is 10.2. The molecule has 1 saturated heterocycles. The van der Waals surface area contributed by atoms with Crippen LogP contribution in [0.15, 0.2) is 29.2 Å². The average Bonchev–Trinajstić information content (AvgIpc) is 3.03. The van der Waals surface area contributed by atoms with Crippen molar-refractivity contribution in [1.82, 2.24) is 10.2 Å². The van der Waals surface area contributed by atoms with Crippen LogP contribution >= 0.6 is 11.8 Å². The summed E-state index contributed by atoms with van der Waals surface area (Å²) in [5, 5.41) is 5.90. The van der Waals surface area contributed by atoms with E-state index in [2.05, 4.69) is 29.4 Å². The summed E-state index contributed by atoms with van der Waals surface area (Å²) in [7, 11) is 1.67. The fourth-order valence-corrected chi connectivity index (χ4v) is 3.62. The Morgan fingerprint density at radius 2 is 1.92 bits per heavy atom. The molecular weight excluding hydrogens is 350 g/mol. The van der Waals surface area contributed by atoms with E-state index >= 15 is 0 Å². The lowest BCUT2D eigenvalue weighted by atomic mass is 10.2. The van der Waals surface area contributed by atoms with E-state index in [1.54, 1.807) is 18.9 Å². The van der Waals surface area contributed by atoms with Gasteiger partial charge in [-0.15, -0.1) is 11.8 Å². The van der Waals surface area contributed by atoms with Crippen LogP contribution < -0.4 is 10.6 Å². The second-order valence-corrected chi connectivity index (χ2v) is 7.59. The number of rotatable bonds is 8. The molecule has 2 atom stereocenters. The normalized spacial score (nSPS) is 20.3. The third-order valence-electron chi connectivity index (χ3n) is 4.63. The van der Waals surface area contributed by atoms with Crippen molar-refractivity contribution in [3.05, 3.63) is 24.3 Å². The molecule has 0 unspecified atom stereocenters. The Labute approximate surface area is 160 Å². The summed E-state index contributed by atoms with van der Waals surface area (Å²) >= 11 is 1.58. The van der Waals surface area contributed by atoms with Gasteiger partial charge >= 0.3 is 0 Å². The van der Waals surface area contributed by atoms with Gasteiger partial charge in [-0.1, -0.05) is 12.1 Å². The number of nitrogens with zero attached hydrogens (tertiary/aromatic N) is 1. The Hall–Kier alpha value is -1.57. The molecule has 0 saturated carbocycles. The summed E-state index contributed by atoms with van der Waals surface area (Å²) in [6, 6.07) is 8.02. The number of anilines is 1. The predicted molar refractivity (Wildman–Crippen MR) is 106 cm³/mol. The summed E-state index contributed by atoms with van der Waals surface area (Å²) in [4.78, 5) is 27.7. The van der Waals surface area contributed by atoms with Gasteiger partial charge < -0.3 is 15.4 Å². The fraction of sp³-hybridized carbons (Fsp3) is 0.579. The van der Waals surface area contributed by atoms with Gasteiger partial charge in [0.25, 0.3) is 0 Å². The van der Waals surface area contributed by atoms with Crippen molar-refractivity contribution in [3.63, 3.8) is 0 Å². The minimum absolute atomic E-state index is 0.0105. The van der Waals surface area contributed by atoms with Crippen molar-refractivity contribution in [2.24, 2.45) is 0 Å². The Morgan fingerprint density at radius 3 is 2.58 bits per heavy atom. The number of carbonyl (C=O) groups is 2. The van der Waals surface area contributed by atoms with Crippen molar-refractivity contribution >= 4 is 29.3 Å². The molecule has 6 nitrogen and oxygen atoms in total. The average molecular weight is 380 g/mol. The number of nitrogens with one attached hydrogen (secondary N) is 2. The van der Waals surface area contributed by atoms with Gasteiger partial charge in [-0.2, -0.15) is 0 Å². The first-order chi connectivity index (χ1) is 12.4. The number of amides is 2. The quantitative estimate of drug-likeness (QED) is 0.679. The van der Waals surface area contributed by atoms with Crippen molar-refractivity contribution in [3.8, 4) is 0 Å². The van der Waals surface area contributed by atoms with Gasteiger partial charge in [0.2, 0.25) is 11.8 Å². The number of para-hydroxylation sites is 1. The lowest BCUT2D eigenvalue weighted by molar-refractivity contribution is -0.125. The van der Waals surface area contributed by atoms with Gasteiger partial charge in [0.05, 0.1) is 17.8 Å². The van der Waals surface area contributed by atoms with E-state index in [9.17, 15) is 9.59 Å². The molecule has 7 heteroatoms. The minimum atomic E-state index is -0.153. The molecule has 2 rings (SSSR count). The summed E-state index contributed by atoms with van der Waals surface area (Å²) in [5.74, 6) is -0.267. The molecule has 1 aliphatic rings. The van der Waals surface area contributed by atoms with Crippen molar-refractivity contribution < 1.29 is 14.3 Å². The number of thioether (sulfide) groups is 1. The topological polar surface area (TPSA) is 70.7 Å². The van der Waals surface area contributed by atoms with Crippen LogP contribution in [-0.4, -0.2) is 61.4 Å². The molecule has 2 N–H and O–H groups in total. The molecule has 2 amide bonds. The van der Waals surface area contributed by atoms with Gasteiger partial charge in [-0.25, -0.2) is 0 Å². The number of hydrogen-bond acceptors (Lipinski definition) is 5. The molecular formula is C19H29N3O3S. The second kappa shape index (κ2) is 9.94. The number of methoxy groups -OCH3 is 1. The monoisotopic (exact) mass is 379 g/mol. The lowest BCUT2D eigenvalue weighted by Gasteiger charge is -2.20. The van der Waals surface area contributed by atoms with Crippen molar-refractivity contribution in [2.75, 3.05) is 31.8 Å². The summed E-state index contributed by atoms with van der Waals surface area (Å²) in [6.45, 7) is 5.85.